The van der Waals surface area contributed by atoms with E-state index in [4.69, 9.17) is 0 Å². The molecule has 1 unspecified atom stereocenters. The van der Waals surface area contributed by atoms with Crippen molar-refractivity contribution in [1.29, 1.82) is 0 Å². The van der Waals surface area contributed by atoms with Crippen molar-refractivity contribution in [3.8, 4) is 0 Å². The number of benzene rings is 1. The summed E-state index contributed by atoms with van der Waals surface area (Å²) in [6, 6.07) is 7.90. The van der Waals surface area contributed by atoms with E-state index < -0.39 is 6.10 Å². The Kier molecular flexibility index (Phi) is 1.83. The predicted molar refractivity (Wildman–Crippen MR) is 50.3 cm³/mol. The number of aromatic nitrogens is 1. The van der Waals surface area contributed by atoms with Crippen molar-refractivity contribution in [2.24, 2.45) is 0 Å². The summed E-state index contributed by atoms with van der Waals surface area (Å²) in [5.74, 6) is 0. The first-order valence-electron chi connectivity index (χ1n) is 3.81. The summed E-state index contributed by atoms with van der Waals surface area (Å²) >= 11 is 1.54. The fraction of sp³-hybridized carbons (Fsp3) is 0.222. The van der Waals surface area contributed by atoms with Gasteiger partial charge in [0.2, 0.25) is 0 Å². The molecule has 0 radical (unpaired) electrons. The van der Waals surface area contributed by atoms with E-state index in [1.165, 1.54) is 0 Å². The number of hydrogen-bond acceptors (Lipinski definition) is 3. The van der Waals surface area contributed by atoms with Crippen molar-refractivity contribution in [1.82, 2.24) is 4.98 Å². The summed E-state index contributed by atoms with van der Waals surface area (Å²) in [6.45, 7) is 1.73. The van der Waals surface area contributed by atoms with Gasteiger partial charge in [0.15, 0.2) is 0 Å². The van der Waals surface area contributed by atoms with E-state index >= 15 is 0 Å². The molecule has 1 heterocycles. The second-order valence-corrected chi connectivity index (χ2v) is 3.76. The molecule has 0 saturated heterocycles. The van der Waals surface area contributed by atoms with Crippen LogP contribution in [0.2, 0.25) is 0 Å². The van der Waals surface area contributed by atoms with Gasteiger partial charge in [0.25, 0.3) is 0 Å². The average Bonchev–Trinajstić information content (AvgIpc) is 2.46. The number of aliphatic hydroxyl groups excluding tert-OH is 1. The van der Waals surface area contributed by atoms with E-state index in [-0.39, 0.29) is 0 Å². The molecule has 0 bridgehead atoms. The van der Waals surface area contributed by atoms with Gasteiger partial charge in [-0.2, -0.15) is 0 Å². The zero-order chi connectivity index (χ0) is 8.55. The number of fused-ring (bicyclic) bond motifs is 1. The highest BCUT2D eigenvalue weighted by molar-refractivity contribution is 7.18. The lowest BCUT2D eigenvalue weighted by molar-refractivity contribution is 0.199. The molecule has 12 heavy (non-hydrogen) atoms. The molecule has 0 aliphatic heterocycles. The number of nitrogens with zero attached hydrogens (tertiary/aromatic N) is 1. The van der Waals surface area contributed by atoms with Crippen molar-refractivity contribution in [2.75, 3.05) is 0 Å². The average molecular weight is 179 g/mol. The zero-order valence-corrected chi connectivity index (χ0v) is 7.51. The van der Waals surface area contributed by atoms with E-state index in [9.17, 15) is 5.11 Å². The number of para-hydroxylation sites is 1. The normalized spacial score (nSPS) is 13.5. The summed E-state index contributed by atoms with van der Waals surface area (Å²) in [6.07, 6.45) is -0.456. The van der Waals surface area contributed by atoms with Crippen molar-refractivity contribution in [2.45, 2.75) is 13.0 Å². The summed E-state index contributed by atoms with van der Waals surface area (Å²) < 4.78 is 1.13. The van der Waals surface area contributed by atoms with E-state index in [0.29, 0.717) is 0 Å². The van der Waals surface area contributed by atoms with Crippen LogP contribution < -0.4 is 0 Å². The Labute approximate surface area is 74.5 Å². The Balaban J connectivity index is 2.62. The number of rotatable bonds is 1. The maximum Gasteiger partial charge on any atom is 0.122 e. The van der Waals surface area contributed by atoms with Crippen LogP contribution in [0, 0.1) is 0 Å². The highest BCUT2D eigenvalue weighted by atomic mass is 32.1. The number of thiazole rings is 1. The van der Waals surface area contributed by atoms with Gasteiger partial charge >= 0.3 is 0 Å². The minimum Gasteiger partial charge on any atom is -0.386 e. The van der Waals surface area contributed by atoms with Crippen molar-refractivity contribution >= 4 is 21.6 Å². The van der Waals surface area contributed by atoms with Gasteiger partial charge in [-0.1, -0.05) is 12.1 Å². The molecule has 0 saturated carbocycles. The molecule has 2 nitrogen and oxygen atoms in total. The molecule has 1 aromatic heterocycles. The molecule has 0 aliphatic carbocycles. The van der Waals surface area contributed by atoms with Gasteiger partial charge < -0.3 is 5.11 Å². The van der Waals surface area contributed by atoms with E-state index in [2.05, 4.69) is 4.98 Å². The van der Waals surface area contributed by atoms with Crippen LogP contribution in [0.15, 0.2) is 24.3 Å². The van der Waals surface area contributed by atoms with Crippen molar-refractivity contribution in [3.05, 3.63) is 29.3 Å². The second kappa shape index (κ2) is 2.84. The van der Waals surface area contributed by atoms with Crippen LogP contribution in [-0.4, -0.2) is 10.1 Å². The van der Waals surface area contributed by atoms with E-state index in [0.717, 1.165) is 15.2 Å². The molecule has 2 aromatic rings. The van der Waals surface area contributed by atoms with Crippen LogP contribution in [0.4, 0.5) is 0 Å². The minimum atomic E-state index is -0.456. The van der Waals surface area contributed by atoms with Gasteiger partial charge in [-0.15, -0.1) is 11.3 Å². The van der Waals surface area contributed by atoms with Crippen LogP contribution in [0.3, 0.4) is 0 Å². The van der Waals surface area contributed by atoms with Crippen molar-refractivity contribution < 1.29 is 5.11 Å². The zero-order valence-electron chi connectivity index (χ0n) is 6.69. The fourth-order valence-corrected chi connectivity index (χ4v) is 1.97. The lowest BCUT2D eigenvalue weighted by Gasteiger charge is -1.93. The Bertz CT molecular complexity index is 361. The van der Waals surface area contributed by atoms with Gasteiger partial charge in [-0.05, 0) is 19.1 Å². The topological polar surface area (TPSA) is 33.1 Å². The first-order valence-corrected chi connectivity index (χ1v) is 4.62. The Morgan fingerprint density at radius 1 is 1.42 bits per heavy atom. The third kappa shape index (κ3) is 1.21. The van der Waals surface area contributed by atoms with Gasteiger partial charge in [-0.25, -0.2) is 4.98 Å². The van der Waals surface area contributed by atoms with Crippen LogP contribution in [0.5, 0.6) is 0 Å². The minimum absolute atomic E-state index is 0.456. The van der Waals surface area contributed by atoms with Gasteiger partial charge in [-0.3, -0.25) is 0 Å². The third-order valence-electron chi connectivity index (χ3n) is 1.67. The highest BCUT2D eigenvalue weighted by Crippen LogP contribution is 2.25. The summed E-state index contributed by atoms with van der Waals surface area (Å²) in [5.41, 5.74) is 0.971. The third-order valence-corrected chi connectivity index (χ3v) is 2.87. The molecule has 1 atom stereocenters. The largest absolute Gasteiger partial charge is 0.386 e. The van der Waals surface area contributed by atoms with Crippen LogP contribution in [-0.2, 0) is 0 Å². The highest BCUT2D eigenvalue weighted by Gasteiger charge is 2.06. The molecule has 62 valence electrons. The molecule has 2 rings (SSSR count). The summed E-state index contributed by atoms with van der Waals surface area (Å²) in [5, 5.41) is 10.1. The lowest BCUT2D eigenvalue weighted by Crippen LogP contribution is -1.87. The van der Waals surface area contributed by atoms with E-state index in [1.54, 1.807) is 18.3 Å². The summed E-state index contributed by atoms with van der Waals surface area (Å²) in [7, 11) is 0. The Morgan fingerprint density at radius 2 is 2.17 bits per heavy atom. The molecule has 0 fully saturated rings. The maximum atomic E-state index is 9.27. The Morgan fingerprint density at radius 3 is 2.83 bits per heavy atom. The predicted octanol–water partition coefficient (Wildman–Crippen LogP) is 2.35. The van der Waals surface area contributed by atoms with Gasteiger partial charge in [0.05, 0.1) is 10.2 Å². The number of hydrogen-bond donors (Lipinski definition) is 1. The summed E-state index contributed by atoms with van der Waals surface area (Å²) in [4.78, 5) is 4.28. The monoisotopic (exact) mass is 179 g/mol. The fourth-order valence-electron chi connectivity index (χ4n) is 1.07. The first kappa shape index (κ1) is 7.71. The molecular formula is C9H9NOS. The standard InChI is InChI=1S/C9H9NOS/c1-6(11)9-10-7-4-2-3-5-8(7)12-9/h2-6,11H,1H3. The molecule has 1 aromatic carbocycles. The smallest absolute Gasteiger partial charge is 0.122 e. The first-order chi connectivity index (χ1) is 5.77. The molecule has 0 spiro atoms. The quantitative estimate of drug-likeness (QED) is 0.729. The molecule has 3 heteroatoms. The lowest BCUT2D eigenvalue weighted by atomic mass is 10.3. The van der Waals surface area contributed by atoms with Crippen LogP contribution in [0.25, 0.3) is 10.2 Å². The molecule has 0 aliphatic rings. The SMILES string of the molecule is CC(O)c1nc2ccccc2s1. The van der Waals surface area contributed by atoms with Crippen LogP contribution in [0.1, 0.15) is 18.0 Å². The Hall–Kier alpha value is -0.930. The number of aliphatic hydroxyl groups is 1. The van der Waals surface area contributed by atoms with Gasteiger partial charge in [0, 0.05) is 0 Å². The molecular weight excluding hydrogens is 170 g/mol. The van der Waals surface area contributed by atoms with Crippen LogP contribution >= 0.6 is 11.3 Å². The molecule has 1 N–H and O–H groups in total. The second-order valence-electron chi connectivity index (χ2n) is 2.70. The molecule has 0 amide bonds. The maximum absolute atomic E-state index is 9.27. The van der Waals surface area contributed by atoms with E-state index in [1.807, 2.05) is 24.3 Å². The van der Waals surface area contributed by atoms with Gasteiger partial charge in [0.1, 0.15) is 11.1 Å². The van der Waals surface area contributed by atoms with Crippen molar-refractivity contribution in [3.63, 3.8) is 0 Å².